The Labute approximate surface area is 219 Å². The summed E-state index contributed by atoms with van der Waals surface area (Å²) in [5.74, 6) is 0.348. The number of fused-ring (bicyclic) bond motifs is 5. The van der Waals surface area contributed by atoms with Crippen molar-refractivity contribution in [2.75, 3.05) is 6.54 Å². The molecule has 37 heavy (non-hydrogen) atoms. The van der Waals surface area contributed by atoms with Crippen LogP contribution in [0.25, 0.3) is 0 Å². The summed E-state index contributed by atoms with van der Waals surface area (Å²) in [6.07, 6.45) is 4.12. The van der Waals surface area contributed by atoms with Crippen molar-refractivity contribution in [2.45, 2.75) is 98.3 Å². The highest BCUT2D eigenvalue weighted by atomic mass is 16.5. The van der Waals surface area contributed by atoms with E-state index in [0.29, 0.717) is 54.0 Å². The molecule has 7 heteroatoms. The van der Waals surface area contributed by atoms with Gasteiger partial charge >= 0.3 is 5.97 Å². The molecule has 0 aromatic heterocycles. The molecule has 1 aromatic carbocycles. The smallest absolute Gasteiger partial charge is 0.320 e. The molecule has 0 radical (unpaired) electrons. The molecule has 2 N–H and O–H groups in total. The number of nitrogens with zero attached hydrogens (tertiary/aromatic N) is 1. The molecular weight excluding hydrogens is 470 g/mol. The zero-order valence-corrected chi connectivity index (χ0v) is 23.0. The first-order valence-corrected chi connectivity index (χ1v) is 13.8. The molecule has 4 aliphatic rings. The SMILES string of the molecule is CC(C)CC(C(=O)O)N1CC(=O)c2cc(O)c3c(c2C1)OC1(C3)C(C)CCC2C(C)(C)C(=O)CCC21C. The number of ether oxygens (including phenoxy) is 1. The molecule has 0 saturated heterocycles. The van der Waals surface area contributed by atoms with Crippen LogP contribution in [-0.2, 0) is 22.6 Å². The number of phenols is 1. The molecule has 5 atom stereocenters. The van der Waals surface area contributed by atoms with Crippen LogP contribution in [0.1, 0.15) is 95.1 Å². The number of ketones is 2. The lowest BCUT2D eigenvalue weighted by molar-refractivity contribution is -0.188. The minimum absolute atomic E-state index is 0.00650. The Morgan fingerprint density at radius 2 is 1.86 bits per heavy atom. The Bertz CT molecular complexity index is 1170. The number of hydrogen-bond donors (Lipinski definition) is 2. The average Bonchev–Trinajstić information content (AvgIpc) is 3.23. The highest BCUT2D eigenvalue weighted by Crippen LogP contribution is 2.66. The third-order valence-corrected chi connectivity index (χ3v) is 10.5. The second-order valence-electron chi connectivity index (χ2n) is 13.3. The van der Waals surface area contributed by atoms with E-state index in [1.165, 1.54) is 0 Å². The summed E-state index contributed by atoms with van der Waals surface area (Å²) in [7, 11) is 0. The van der Waals surface area contributed by atoms with E-state index in [1.54, 1.807) is 11.0 Å². The minimum Gasteiger partial charge on any atom is -0.508 e. The number of carboxylic acid groups (broad SMARTS) is 1. The number of aromatic hydroxyl groups is 1. The van der Waals surface area contributed by atoms with Gasteiger partial charge in [-0.3, -0.25) is 19.3 Å². The quantitative estimate of drug-likeness (QED) is 0.586. The van der Waals surface area contributed by atoms with Gasteiger partial charge in [0.25, 0.3) is 0 Å². The first-order valence-electron chi connectivity index (χ1n) is 13.8. The van der Waals surface area contributed by atoms with Gasteiger partial charge in [-0.25, -0.2) is 0 Å². The summed E-state index contributed by atoms with van der Waals surface area (Å²) in [4.78, 5) is 40.1. The molecule has 5 unspecified atom stereocenters. The standard InChI is InChI=1S/C30H41NO6/c1-16(2)11-21(27(35)36)31-14-20-18(23(33)15-31)12-22(32)19-13-30(37-26(19)20)17(3)7-8-24-28(4,5)25(34)9-10-29(24,30)6/h12,16-17,21,24,32H,7-11,13-15H2,1-6H3,(H,35,36). The van der Waals surface area contributed by atoms with Crippen LogP contribution >= 0.6 is 0 Å². The van der Waals surface area contributed by atoms with Crippen molar-refractivity contribution < 1.29 is 29.3 Å². The van der Waals surface area contributed by atoms with Crippen LogP contribution in [-0.4, -0.2) is 50.8 Å². The van der Waals surface area contributed by atoms with Gasteiger partial charge in [0.1, 0.15) is 28.9 Å². The molecule has 0 amide bonds. The van der Waals surface area contributed by atoms with Gasteiger partial charge in [0.15, 0.2) is 5.78 Å². The molecule has 5 rings (SSSR count). The number of rotatable bonds is 4. The zero-order valence-electron chi connectivity index (χ0n) is 23.0. The third-order valence-electron chi connectivity index (χ3n) is 10.5. The highest BCUT2D eigenvalue weighted by molar-refractivity contribution is 6.01. The number of aliphatic carboxylic acids is 1. The van der Waals surface area contributed by atoms with Crippen molar-refractivity contribution in [1.82, 2.24) is 4.90 Å². The lowest BCUT2D eigenvalue weighted by atomic mass is 9.44. The number of carbonyl (C=O) groups excluding carboxylic acids is 2. The van der Waals surface area contributed by atoms with Crippen LogP contribution in [0.15, 0.2) is 6.07 Å². The second kappa shape index (κ2) is 8.55. The number of phenolic OH excluding ortho intramolecular Hbond substituents is 1. The van der Waals surface area contributed by atoms with Crippen LogP contribution in [0.5, 0.6) is 11.5 Å². The molecule has 2 fully saturated rings. The van der Waals surface area contributed by atoms with Crippen molar-refractivity contribution in [3.8, 4) is 11.5 Å². The van der Waals surface area contributed by atoms with Gasteiger partial charge in [-0.2, -0.15) is 0 Å². The van der Waals surface area contributed by atoms with Crippen LogP contribution in [0, 0.1) is 28.6 Å². The molecule has 2 aliphatic heterocycles. The first kappa shape index (κ1) is 26.2. The first-order chi connectivity index (χ1) is 17.2. The predicted molar refractivity (Wildman–Crippen MR) is 139 cm³/mol. The molecule has 7 nitrogen and oxygen atoms in total. The normalized spacial score (nSPS) is 33.6. The third kappa shape index (κ3) is 3.67. The molecule has 1 aromatic rings. The topological polar surface area (TPSA) is 104 Å². The van der Waals surface area contributed by atoms with Crippen molar-refractivity contribution in [1.29, 1.82) is 0 Å². The average molecular weight is 512 g/mol. The summed E-state index contributed by atoms with van der Waals surface area (Å²) in [5, 5.41) is 21.1. The predicted octanol–water partition coefficient (Wildman–Crippen LogP) is 5.01. The van der Waals surface area contributed by atoms with Gasteiger partial charge in [0.2, 0.25) is 0 Å². The van der Waals surface area contributed by atoms with Crippen LogP contribution in [0.2, 0.25) is 0 Å². The summed E-state index contributed by atoms with van der Waals surface area (Å²) >= 11 is 0. The highest BCUT2D eigenvalue weighted by Gasteiger charge is 2.67. The Kier molecular flexibility index (Phi) is 6.06. The van der Waals surface area contributed by atoms with E-state index in [1.807, 2.05) is 13.8 Å². The summed E-state index contributed by atoms with van der Waals surface area (Å²) < 4.78 is 7.05. The Hall–Kier alpha value is -2.41. The molecule has 1 spiro atoms. The van der Waals surface area contributed by atoms with Gasteiger partial charge in [0.05, 0.1) is 6.54 Å². The van der Waals surface area contributed by atoms with Crippen molar-refractivity contribution >= 4 is 17.5 Å². The van der Waals surface area contributed by atoms with Crippen molar-refractivity contribution in [3.63, 3.8) is 0 Å². The van der Waals surface area contributed by atoms with Crippen molar-refractivity contribution in [3.05, 3.63) is 22.8 Å². The van der Waals surface area contributed by atoms with Crippen LogP contribution < -0.4 is 4.74 Å². The lowest BCUT2D eigenvalue weighted by Gasteiger charge is -2.62. The molecule has 0 bridgehead atoms. The van der Waals surface area contributed by atoms with Gasteiger partial charge in [-0.1, -0.05) is 41.5 Å². The molecule has 202 valence electrons. The monoisotopic (exact) mass is 511 g/mol. The van der Waals surface area contributed by atoms with E-state index in [9.17, 15) is 24.6 Å². The fourth-order valence-corrected chi connectivity index (χ4v) is 8.37. The number of carbonyl (C=O) groups is 3. The molecule has 2 aliphatic carbocycles. The molecule has 2 heterocycles. The fraction of sp³-hybridized carbons (Fsp3) is 0.700. The van der Waals surface area contributed by atoms with E-state index < -0.39 is 23.0 Å². The maximum atomic E-state index is 13.3. The van der Waals surface area contributed by atoms with Crippen LogP contribution in [0.3, 0.4) is 0 Å². The van der Waals surface area contributed by atoms with E-state index in [-0.39, 0.29) is 41.2 Å². The zero-order chi connectivity index (χ0) is 27.1. The maximum absolute atomic E-state index is 13.3. The number of Topliss-reactive ketones (excluding diaryl/α,β-unsaturated/α-hetero) is 2. The van der Waals surface area contributed by atoms with Gasteiger partial charge in [-0.05, 0) is 49.5 Å². The van der Waals surface area contributed by atoms with Gasteiger partial charge in [-0.15, -0.1) is 0 Å². The number of benzene rings is 1. The summed E-state index contributed by atoms with van der Waals surface area (Å²) in [6, 6.07) is 0.799. The number of hydrogen-bond acceptors (Lipinski definition) is 6. The second-order valence-corrected chi connectivity index (χ2v) is 13.3. The minimum atomic E-state index is -0.928. The van der Waals surface area contributed by atoms with E-state index in [2.05, 4.69) is 27.7 Å². The largest absolute Gasteiger partial charge is 0.508 e. The van der Waals surface area contributed by atoms with E-state index >= 15 is 0 Å². The Balaban J connectivity index is 1.59. The number of carboxylic acids is 1. The molecular formula is C30H41NO6. The van der Waals surface area contributed by atoms with E-state index in [0.717, 1.165) is 19.3 Å². The summed E-state index contributed by atoms with van der Waals surface area (Å²) in [5.41, 5.74) is 0.520. The Morgan fingerprint density at radius 1 is 1.16 bits per heavy atom. The van der Waals surface area contributed by atoms with Gasteiger partial charge < -0.3 is 14.9 Å². The fourth-order valence-electron chi connectivity index (χ4n) is 8.37. The summed E-state index contributed by atoms with van der Waals surface area (Å²) in [6.45, 7) is 12.9. The maximum Gasteiger partial charge on any atom is 0.320 e. The molecule has 2 saturated carbocycles. The van der Waals surface area contributed by atoms with E-state index in [4.69, 9.17) is 4.74 Å². The van der Waals surface area contributed by atoms with Gasteiger partial charge in [0, 0.05) is 46.9 Å². The Morgan fingerprint density at radius 3 is 2.51 bits per heavy atom. The lowest BCUT2D eigenvalue weighted by Crippen LogP contribution is -2.66. The van der Waals surface area contributed by atoms with Crippen LogP contribution in [0.4, 0.5) is 0 Å². The van der Waals surface area contributed by atoms with Crippen molar-refractivity contribution in [2.24, 2.45) is 28.6 Å².